The Morgan fingerprint density at radius 1 is 1.10 bits per heavy atom. The molecule has 1 aliphatic heterocycles. The molecule has 0 bridgehead atoms. The Morgan fingerprint density at radius 2 is 1.79 bits per heavy atom. The van der Waals surface area contributed by atoms with E-state index in [0.717, 1.165) is 18.4 Å². The first-order valence-corrected chi connectivity index (χ1v) is 11.4. The second-order valence-corrected chi connectivity index (χ2v) is 9.76. The third kappa shape index (κ3) is 4.08. The van der Waals surface area contributed by atoms with E-state index in [4.69, 9.17) is 4.74 Å². The topological polar surface area (TPSA) is 75.7 Å². The number of hydrogen-bond acceptors (Lipinski definition) is 4. The molecule has 1 heterocycles. The van der Waals surface area contributed by atoms with Gasteiger partial charge in [-0.05, 0) is 43.0 Å². The molecule has 4 rings (SSSR count). The van der Waals surface area contributed by atoms with Crippen LogP contribution in [-0.4, -0.2) is 51.5 Å². The molecule has 1 aliphatic carbocycles. The third-order valence-corrected chi connectivity index (χ3v) is 7.78. The van der Waals surface area contributed by atoms with Crippen LogP contribution in [0.5, 0.6) is 0 Å². The number of hydrogen-bond donors (Lipinski definition) is 1. The quantitative estimate of drug-likeness (QED) is 0.788. The summed E-state index contributed by atoms with van der Waals surface area (Å²) in [6.07, 6.45) is 2.09. The van der Waals surface area contributed by atoms with E-state index in [1.54, 1.807) is 12.1 Å². The molecule has 1 amide bonds. The molecule has 1 N–H and O–H groups in total. The second kappa shape index (κ2) is 7.89. The fourth-order valence-corrected chi connectivity index (χ4v) is 5.23. The molecule has 1 saturated heterocycles. The minimum absolute atomic E-state index is 0.00229. The molecular formula is C22H26N2O4S. The molecule has 1 saturated carbocycles. The van der Waals surface area contributed by atoms with Crippen LogP contribution in [0.2, 0.25) is 0 Å². The van der Waals surface area contributed by atoms with Gasteiger partial charge in [-0.1, -0.05) is 36.4 Å². The van der Waals surface area contributed by atoms with E-state index >= 15 is 0 Å². The van der Waals surface area contributed by atoms with E-state index in [-0.39, 0.29) is 16.2 Å². The van der Waals surface area contributed by atoms with Crippen molar-refractivity contribution in [3.8, 4) is 0 Å². The zero-order chi connectivity index (χ0) is 20.5. The molecule has 2 aromatic rings. The monoisotopic (exact) mass is 414 g/mol. The lowest BCUT2D eigenvalue weighted by molar-refractivity contribution is 0.0730. The molecule has 29 heavy (non-hydrogen) atoms. The average Bonchev–Trinajstić information content (AvgIpc) is 3.55. The Labute approximate surface area is 171 Å². The standard InChI is InChI=1S/C22H26N2O4S/c1-17-7-8-19(29(26,27)24-11-13-28-14-12-24)15-20(17)21(25)23-16-22(9-10-22)18-5-3-2-4-6-18/h2-8,15H,9-14,16H2,1H3,(H,23,25). The van der Waals surface area contributed by atoms with Crippen molar-refractivity contribution < 1.29 is 17.9 Å². The molecular weight excluding hydrogens is 388 g/mol. The number of morpholine rings is 1. The van der Waals surface area contributed by atoms with Crippen LogP contribution in [0.4, 0.5) is 0 Å². The van der Waals surface area contributed by atoms with Gasteiger partial charge in [0.25, 0.3) is 5.91 Å². The molecule has 0 aromatic heterocycles. The average molecular weight is 415 g/mol. The second-order valence-electron chi connectivity index (χ2n) is 7.82. The minimum Gasteiger partial charge on any atom is -0.379 e. The number of nitrogens with one attached hydrogen (secondary N) is 1. The lowest BCUT2D eigenvalue weighted by atomic mass is 9.96. The van der Waals surface area contributed by atoms with Gasteiger partial charge < -0.3 is 10.1 Å². The highest BCUT2D eigenvalue weighted by Gasteiger charge is 2.44. The van der Waals surface area contributed by atoms with Crippen LogP contribution in [0.15, 0.2) is 53.4 Å². The Kier molecular flexibility index (Phi) is 5.46. The van der Waals surface area contributed by atoms with Crippen LogP contribution < -0.4 is 5.32 Å². The van der Waals surface area contributed by atoms with E-state index in [9.17, 15) is 13.2 Å². The summed E-state index contributed by atoms with van der Waals surface area (Å²) in [5, 5.41) is 3.03. The molecule has 154 valence electrons. The first-order valence-electron chi connectivity index (χ1n) is 9.95. The van der Waals surface area contributed by atoms with Crippen LogP contribution in [0.1, 0.15) is 34.3 Å². The molecule has 0 spiro atoms. The van der Waals surface area contributed by atoms with Crippen LogP contribution in [-0.2, 0) is 20.2 Å². The number of sulfonamides is 1. The fourth-order valence-electron chi connectivity index (χ4n) is 3.80. The molecule has 0 atom stereocenters. The summed E-state index contributed by atoms with van der Waals surface area (Å²) in [7, 11) is -3.64. The number of benzene rings is 2. The molecule has 2 aromatic carbocycles. The predicted octanol–water partition coefficient (Wildman–Crippen LogP) is 2.48. The molecule has 7 heteroatoms. The highest BCUT2D eigenvalue weighted by molar-refractivity contribution is 7.89. The van der Waals surface area contributed by atoms with Gasteiger partial charge in [0.1, 0.15) is 0 Å². The van der Waals surface area contributed by atoms with Crippen molar-refractivity contribution in [2.24, 2.45) is 0 Å². The van der Waals surface area contributed by atoms with Gasteiger partial charge in [0.2, 0.25) is 10.0 Å². The Bertz CT molecular complexity index is 995. The molecule has 0 unspecified atom stereocenters. The lowest BCUT2D eigenvalue weighted by Crippen LogP contribution is -2.40. The van der Waals surface area contributed by atoms with Crippen LogP contribution >= 0.6 is 0 Å². The summed E-state index contributed by atoms with van der Waals surface area (Å²) >= 11 is 0. The zero-order valence-corrected chi connectivity index (χ0v) is 17.4. The van der Waals surface area contributed by atoms with E-state index < -0.39 is 10.0 Å². The number of amides is 1. The first-order chi connectivity index (χ1) is 13.9. The number of nitrogens with zero attached hydrogens (tertiary/aromatic N) is 1. The normalized spacial score (nSPS) is 18.9. The summed E-state index contributed by atoms with van der Waals surface area (Å²) in [6.45, 7) is 3.81. The van der Waals surface area contributed by atoms with Gasteiger partial charge >= 0.3 is 0 Å². The van der Waals surface area contributed by atoms with Crippen molar-refractivity contribution in [2.75, 3.05) is 32.8 Å². The number of carbonyl (C=O) groups excluding carboxylic acids is 1. The summed E-state index contributed by atoms with van der Waals surface area (Å²) in [5.74, 6) is -0.233. The third-order valence-electron chi connectivity index (χ3n) is 5.89. The largest absolute Gasteiger partial charge is 0.379 e. The van der Waals surface area contributed by atoms with Crippen LogP contribution in [0, 0.1) is 6.92 Å². The maximum atomic E-state index is 12.9. The van der Waals surface area contributed by atoms with Gasteiger partial charge in [0, 0.05) is 30.6 Å². The highest BCUT2D eigenvalue weighted by Crippen LogP contribution is 2.47. The van der Waals surface area contributed by atoms with Crippen molar-refractivity contribution in [3.63, 3.8) is 0 Å². The summed E-state index contributed by atoms with van der Waals surface area (Å²) < 4.78 is 32.5. The fraction of sp³-hybridized carbons (Fsp3) is 0.409. The Hall–Kier alpha value is -2.22. The Balaban J connectivity index is 1.51. The summed E-state index contributed by atoms with van der Waals surface area (Å²) in [4.78, 5) is 13.0. The highest BCUT2D eigenvalue weighted by atomic mass is 32.2. The van der Waals surface area contributed by atoms with E-state index in [0.29, 0.717) is 38.4 Å². The van der Waals surface area contributed by atoms with Crippen LogP contribution in [0.3, 0.4) is 0 Å². The SMILES string of the molecule is Cc1ccc(S(=O)(=O)N2CCOCC2)cc1C(=O)NCC1(c2ccccc2)CC1. The van der Waals surface area contributed by atoms with Crippen molar-refractivity contribution in [1.29, 1.82) is 0 Å². The Morgan fingerprint density at radius 3 is 2.45 bits per heavy atom. The first kappa shape index (κ1) is 20.1. The molecule has 2 fully saturated rings. The number of carbonyl (C=O) groups is 1. The van der Waals surface area contributed by atoms with Gasteiger partial charge in [-0.15, -0.1) is 0 Å². The smallest absolute Gasteiger partial charge is 0.251 e. The van der Waals surface area contributed by atoms with Gasteiger partial charge in [0.15, 0.2) is 0 Å². The van der Waals surface area contributed by atoms with Gasteiger partial charge in [0.05, 0.1) is 18.1 Å². The molecule has 0 radical (unpaired) electrons. The van der Waals surface area contributed by atoms with Crippen LogP contribution in [0.25, 0.3) is 0 Å². The predicted molar refractivity (Wildman–Crippen MR) is 110 cm³/mol. The van der Waals surface area contributed by atoms with Gasteiger partial charge in [-0.3, -0.25) is 4.79 Å². The van der Waals surface area contributed by atoms with Crippen molar-refractivity contribution >= 4 is 15.9 Å². The van der Waals surface area contributed by atoms with Crippen molar-refractivity contribution in [2.45, 2.75) is 30.1 Å². The van der Waals surface area contributed by atoms with Crippen molar-refractivity contribution in [1.82, 2.24) is 9.62 Å². The molecule has 2 aliphatic rings. The number of aryl methyl sites for hydroxylation is 1. The summed E-state index contributed by atoms with van der Waals surface area (Å²) in [5.41, 5.74) is 2.40. The minimum atomic E-state index is -3.64. The van der Waals surface area contributed by atoms with Crippen molar-refractivity contribution in [3.05, 3.63) is 65.2 Å². The van der Waals surface area contributed by atoms with E-state index in [1.807, 2.05) is 25.1 Å². The van der Waals surface area contributed by atoms with Gasteiger partial charge in [-0.2, -0.15) is 4.31 Å². The number of ether oxygens (including phenoxy) is 1. The maximum Gasteiger partial charge on any atom is 0.251 e. The maximum absolute atomic E-state index is 12.9. The zero-order valence-electron chi connectivity index (χ0n) is 16.6. The molecule has 6 nitrogen and oxygen atoms in total. The summed E-state index contributed by atoms with van der Waals surface area (Å²) in [6, 6.07) is 15.0. The van der Waals surface area contributed by atoms with E-state index in [2.05, 4.69) is 17.4 Å². The van der Waals surface area contributed by atoms with E-state index in [1.165, 1.54) is 15.9 Å². The van der Waals surface area contributed by atoms with Gasteiger partial charge in [-0.25, -0.2) is 8.42 Å². The lowest BCUT2D eigenvalue weighted by Gasteiger charge is -2.26. The number of rotatable bonds is 6.